The van der Waals surface area contributed by atoms with Gasteiger partial charge in [-0.15, -0.1) is 0 Å². The standard InChI is InChI=1S/C51H51ClN8O7/c52-39-32-54-50(57-45(39)35-15-10-14-34(28-35)33-12-6-5-7-13-33)55-36-29-37(31-53-30-36)59-26-23-51(49(59)66)21-24-58(25-22-51)43(62)18-8-3-1-2-4-9-27-67-41-17-11-16-38-44(41)48(65)60(47(38)64)40-19-20-42(61)56-46(40)63/h5-7,10-17,28-32,40H,1-4,8-9,18-27H2,(H,54,55,57)(H,56,61,63). The molecule has 0 radical (unpaired) electrons. The lowest BCUT2D eigenvalue weighted by atomic mass is 9.77. The summed E-state index contributed by atoms with van der Waals surface area (Å²) in [6, 6.07) is 23.8. The summed E-state index contributed by atoms with van der Waals surface area (Å²) < 4.78 is 5.96. The SMILES string of the molecule is O=C1CCC(N2C(=O)c3cccc(OCCCCCCCCC(=O)N4CCC5(CC4)CCN(c4cncc(Nc6ncc(Cl)c(-c7cccc(-c8ccccc8)c7)n6)c4)C5=O)c3C2=O)C(=O)N1. The fourth-order valence-electron chi connectivity index (χ4n) is 9.62. The van der Waals surface area contributed by atoms with Gasteiger partial charge >= 0.3 is 0 Å². The van der Waals surface area contributed by atoms with Gasteiger partial charge in [0.15, 0.2) is 0 Å². The van der Waals surface area contributed by atoms with Crippen LogP contribution in [-0.4, -0.2) is 92.5 Å². The third-order valence-corrected chi connectivity index (χ3v) is 13.6. The lowest BCUT2D eigenvalue weighted by Crippen LogP contribution is -2.54. The minimum Gasteiger partial charge on any atom is -0.493 e. The first kappa shape index (κ1) is 45.2. The predicted molar refractivity (Wildman–Crippen MR) is 252 cm³/mol. The maximum absolute atomic E-state index is 14.0. The Morgan fingerprint density at radius 3 is 2.33 bits per heavy atom. The van der Waals surface area contributed by atoms with Crippen molar-refractivity contribution in [3.8, 4) is 28.1 Å². The van der Waals surface area contributed by atoms with Crippen LogP contribution in [-0.2, 0) is 19.2 Å². The first-order chi connectivity index (χ1) is 32.6. The van der Waals surface area contributed by atoms with E-state index in [1.54, 1.807) is 41.7 Å². The molecule has 1 atom stereocenters. The van der Waals surface area contributed by atoms with Gasteiger partial charge in [0.2, 0.25) is 29.6 Å². The van der Waals surface area contributed by atoms with Crippen molar-refractivity contribution in [2.75, 3.05) is 36.5 Å². The molecule has 2 aromatic heterocycles. The number of hydrogen-bond donors (Lipinski definition) is 2. The Bertz CT molecular complexity index is 2730. The minimum atomic E-state index is -1.03. The van der Waals surface area contributed by atoms with Crippen molar-refractivity contribution in [1.82, 2.24) is 30.1 Å². The average molecular weight is 923 g/mol. The van der Waals surface area contributed by atoms with Gasteiger partial charge in [0, 0.05) is 38.0 Å². The highest BCUT2D eigenvalue weighted by molar-refractivity contribution is 6.33. The molecular weight excluding hydrogens is 872 g/mol. The van der Waals surface area contributed by atoms with Crippen LogP contribution in [0.2, 0.25) is 5.02 Å². The number of nitrogens with zero attached hydrogens (tertiary/aromatic N) is 6. The number of unbranched alkanes of at least 4 members (excludes halogenated alkanes) is 5. The smallest absolute Gasteiger partial charge is 0.266 e. The molecule has 6 heterocycles. The number of rotatable bonds is 16. The molecule has 4 aliphatic rings. The molecule has 5 aromatic rings. The van der Waals surface area contributed by atoms with E-state index in [-0.39, 0.29) is 35.8 Å². The van der Waals surface area contributed by atoms with E-state index < -0.39 is 35.1 Å². The number of nitrogens with one attached hydrogen (secondary N) is 2. The third-order valence-electron chi connectivity index (χ3n) is 13.3. The molecule has 16 heteroatoms. The van der Waals surface area contributed by atoms with Crippen molar-refractivity contribution in [1.29, 1.82) is 0 Å². The van der Waals surface area contributed by atoms with Gasteiger partial charge in [-0.3, -0.25) is 44.0 Å². The fraction of sp³-hybridized carbons (Fsp3) is 0.353. The van der Waals surface area contributed by atoms with Crippen LogP contribution in [0, 0.1) is 5.41 Å². The summed E-state index contributed by atoms with van der Waals surface area (Å²) in [6.07, 6.45) is 12.8. The van der Waals surface area contributed by atoms with Gasteiger partial charge in [0.25, 0.3) is 11.8 Å². The molecular formula is C51H51ClN8O7. The van der Waals surface area contributed by atoms with Crippen molar-refractivity contribution >= 4 is 64.4 Å². The second kappa shape index (κ2) is 19.8. The molecule has 15 nitrogen and oxygen atoms in total. The van der Waals surface area contributed by atoms with E-state index in [1.165, 1.54) is 0 Å². The molecule has 3 saturated heterocycles. The number of aromatic nitrogens is 3. The van der Waals surface area contributed by atoms with E-state index in [4.69, 9.17) is 21.3 Å². The number of anilines is 3. The zero-order valence-corrected chi connectivity index (χ0v) is 37.8. The normalized spacial score (nSPS) is 17.8. The summed E-state index contributed by atoms with van der Waals surface area (Å²) >= 11 is 6.60. The van der Waals surface area contributed by atoms with Crippen LogP contribution in [0.15, 0.2) is 97.5 Å². The zero-order chi connectivity index (χ0) is 46.5. The monoisotopic (exact) mass is 922 g/mol. The summed E-state index contributed by atoms with van der Waals surface area (Å²) in [7, 11) is 0. The average Bonchev–Trinajstić information content (AvgIpc) is 3.80. The van der Waals surface area contributed by atoms with Gasteiger partial charge in [-0.1, -0.05) is 91.9 Å². The molecule has 6 amide bonds. The van der Waals surface area contributed by atoms with Crippen molar-refractivity contribution in [3.05, 3.63) is 114 Å². The number of pyridine rings is 1. The van der Waals surface area contributed by atoms with Gasteiger partial charge in [-0.05, 0) is 73.9 Å². The topological polar surface area (TPSA) is 184 Å². The molecule has 1 unspecified atom stereocenters. The molecule has 3 aromatic carbocycles. The molecule has 67 heavy (non-hydrogen) atoms. The fourth-order valence-corrected chi connectivity index (χ4v) is 9.82. The highest BCUT2D eigenvalue weighted by Gasteiger charge is 2.49. The number of ether oxygens (including phenoxy) is 1. The maximum Gasteiger partial charge on any atom is 0.266 e. The summed E-state index contributed by atoms with van der Waals surface area (Å²) in [6.45, 7) is 2.05. The molecule has 0 saturated carbocycles. The third kappa shape index (κ3) is 9.64. The number of imide groups is 2. The zero-order valence-electron chi connectivity index (χ0n) is 37.0. The number of hydrogen-bond acceptors (Lipinski definition) is 11. The van der Waals surface area contributed by atoms with Gasteiger partial charge in [0.05, 0.1) is 63.8 Å². The number of likely N-dealkylation sites (tertiary alicyclic amines) is 1. The lowest BCUT2D eigenvalue weighted by molar-refractivity contribution is -0.137. The van der Waals surface area contributed by atoms with Gasteiger partial charge in [0.1, 0.15) is 11.8 Å². The first-order valence-electron chi connectivity index (χ1n) is 23.1. The van der Waals surface area contributed by atoms with Crippen LogP contribution < -0.4 is 20.3 Å². The second-order valence-corrected chi connectivity index (χ2v) is 18.0. The van der Waals surface area contributed by atoms with Crippen LogP contribution in [0.1, 0.15) is 97.8 Å². The second-order valence-electron chi connectivity index (χ2n) is 17.6. The molecule has 3 fully saturated rings. The van der Waals surface area contributed by atoms with E-state index in [9.17, 15) is 28.8 Å². The summed E-state index contributed by atoms with van der Waals surface area (Å²) in [5.74, 6) is -1.37. The molecule has 1 spiro atoms. The molecule has 0 aliphatic carbocycles. The van der Waals surface area contributed by atoms with Crippen LogP contribution >= 0.6 is 11.6 Å². The van der Waals surface area contributed by atoms with Crippen molar-refractivity contribution in [3.63, 3.8) is 0 Å². The Morgan fingerprint density at radius 1 is 0.791 bits per heavy atom. The quantitative estimate of drug-likeness (QED) is 0.0719. The first-order valence-corrected chi connectivity index (χ1v) is 23.4. The maximum atomic E-state index is 14.0. The number of benzene rings is 3. The number of halogens is 1. The van der Waals surface area contributed by atoms with Gasteiger partial charge in [-0.2, -0.15) is 0 Å². The molecule has 9 rings (SSSR count). The Kier molecular flexibility index (Phi) is 13.4. The Labute approximate surface area is 393 Å². The highest BCUT2D eigenvalue weighted by atomic mass is 35.5. The van der Waals surface area contributed by atoms with Crippen molar-refractivity contribution < 1.29 is 33.5 Å². The highest BCUT2D eigenvalue weighted by Crippen LogP contribution is 2.44. The van der Waals surface area contributed by atoms with Crippen molar-refractivity contribution in [2.45, 2.75) is 83.1 Å². The summed E-state index contributed by atoms with van der Waals surface area (Å²) in [5, 5.41) is 5.89. The largest absolute Gasteiger partial charge is 0.493 e. The van der Waals surface area contributed by atoms with Crippen LogP contribution in [0.3, 0.4) is 0 Å². The van der Waals surface area contributed by atoms with E-state index >= 15 is 0 Å². The number of carbonyl (C=O) groups is 6. The Hall–Kier alpha value is -7.00. The summed E-state index contributed by atoms with van der Waals surface area (Å²) in [4.78, 5) is 96.0. The Balaban J connectivity index is 0.690. The van der Waals surface area contributed by atoms with Gasteiger partial charge < -0.3 is 19.9 Å². The van der Waals surface area contributed by atoms with Gasteiger partial charge in [-0.25, -0.2) is 9.97 Å². The van der Waals surface area contributed by atoms with Crippen LogP contribution in [0.4, 0.5) is 17.3 Å². The number of carbonyl (C=O) groups excluding carboxylic acids is 6. The van der Waals surface area contributed by atoms with E-state index in [1.807, 2.05) is 47.4 Å². The molecule has 0 bridgehead atoms. The number of fused-ring (bicyclic) bond motifs is 1. The van der Waals surface area contributed by atoms with E-state index in [2.05, 4.69) is 38.8 Å². The van der Waals surface area contributed by atoms with Crippen molar-refractivity contribution in [2.24, 2.45) is 5.41 Å². The van der Waals surface area contributed by atoms with Crippen LogP contribution in [0.25, 0.3) is 22.4 Å². The minimum absolute atomic E-state index is 0.0562. The number of piperidine rings is 2. The number of amides is 6. The summed E-state index contributed by atoms with van der Waals surface area (Å²) in [5.41, 5.74) is 4.76. The van der Waals surface area contributed by atoms with E-state index in [0.29, 0.717) is 79.3 Å². The Morgan fingerprint density at radius 2 is 1.52 bits per heavy atom. The molecule has 2 N–H and O–H groups in total. The van der Waals surface area contributed by atoms with Crippen LogP contribution in [0.5, 0.6) is 5.75 Å². The molecule has 4 aliphatic heterocycles. The lowest BCUT2D eigenvalue weighted by Gasteiger charge is -2.38. The van der Waals surface area contributed by atoms with E-state index in [0.717, 1.165) is 66.5 Å². The predicted octanol–water partition coefficient (Wildman–Crippen LogP) is 8.16. The molecule has 344 valence electrons.